The van der Waals surface area contributed by atoms with Gasteiger partial charge < -0.3 is 35.3 Å². The van der Waals surface area contributed by atoms with Crippen LogP contribution in [-0.4, -0.2) is 15.4 Å². The van der Waals surface area contributed by atoms with Crippen molar-refractivity contribution in [3.8, 4) is 0 Å². The van der Waals surface area contributed by atoms with Gasteiger partial charge in [-0.2, -0.15) is 6.08 Å². The molecule has 0 aromatic carbocycles. The van der Waals surface area contributed by atoms with Gasteiger partial charge in [0.15, 0.2) is 0 Å². The molecule has 0 aromatic heterocycles. The van der Waals surface area contributed by atoms with Crippen LogP contribution < -0.4 is 24.8 Å². The Labute approximate surface area is 197 Å². The van der Waals surface area contributed by atoms with Crippen molar-refractivity contribution in [2.75, 3.05) is 0 Å². The van der Waals surface area contributed by atoms with Crippen LogP contribution in [-0.2, 0) is 31.0 Å². The summed E-state index contributed by atoms with van der Waals surface area (Å²) < 4.78 is 0. The number of rotatable bonds is 10. The summed E-state index contributed by atoms with van der Waals surface area (Å²) in [6.45, 7) is 8.73. The number of nitrogens with one attached hydrogen (secondary N) is 1. The number of halogens is 2. The van der Waals surface area contributed by atoms with E-state index in [1.165, 1.54) is 50.5 Å². The molecule has 0 heterocycles. The van der Waals surface area contributed by atoms with Gasteiger partial charge in [0.1, 0.15) is 0 Å². The first-order valence-electron chi connectivity index (χ1n) is 9.30. The molecule has 1 aliphatic carbocycles. The second kappa shape index (κ2) is 33.2. The van der Waals surface area contributed by atoms with Gasteiger partial charge in [0.25, 0.3) is 0 Å². The van der Waals surface area contributed by atoms with Gasteiger partial charge in [-0.15, -0.1) is 13.3 Å². The number of carbonyl (C=O) groups is 1. The summed E-state index contributed by atoms with van der Waals surface area (Å²) >= 11 is 0. The van der Waals surface area contributed by atoms with Crippen molar-refractivity contribution in [3.63, 3.8) is 0 Å². The Balaban J connectivity index is -0.000000103. The number of unbranched alkanes of at least 4 members (excludes halogenated alkanes) is 8. The normalized spacial score (nSPS) is 10.5. The van der Waals surface area contributed by atoms with Gasteiger partial charge >= 0.3 is 26.2 Å². The number of hydrogen-bond donors (Lipinski definition) is 0. The Kier molecular flexibility index (Phi) is 47.8. The molecule has 151 valence electrons. The van der Waals surface area contributed by atoms with E-state index in [4.69, 9.17) is 5.73 Å². The Morgan fingerprint density at radius 1 is 1.04 bits per heavy atom. The first-order chi connectivity index (χ1) is 11.1. The van der Waals surface area contributed by atoms with Crippen molar-refractivity contribution in [2.45, 2.75) is 97.6 Å². The molecule has 0 aliphatic heterocycles. The molecule has 0 unspecified atom stereocenters. The Hall–Kier alpha value is 0.630. The molecule has 0 atom stereocenters. The molecular weight excluding hydrogens is 460 g/mol. The van der Waals surface area contributed by atoms with Crippen LogP contribution in [0.3, 0.4) is 0 Å². The quantitative estimate of drug-likeness (QED) is 0.248. The second-order valence-corrected chi connectivity index (χ2v) is 7.23. The minimum atomic E-state index is -0.409. The second-order valence-electron chi connectivity index (χ2n) is 6.08. The average Bonchev–Trinajstić information content (AvgIpc) is 2.98. The van der Waals surface area contributed by atoms with Gasteiger partial charge in [0.05, 0.1) is 0 Å². The topological polar surface area (TPSA) is 40.9 Å². The van der Waals surface area contributed by atoms with Crippen molar-refractivity contribution >= 4 is 15.4 Å². The van der Waals surface area contributed by atoms with Crippen LogP contribution in [0.4, 0.5) is 0 Å². The maximum atomic E-state index is 10.3. The van der Waals surface area contributed by atoms with Crippen LogP contribution in [0.1, 0.15) is 84.5 Å². The Bertz CT molecular complexity index is 324. The third-order valence-corrected chi connectivity index (χ3v) is 3.38. The largest absolute Gasteiger partial charge is 4.00 e. The average molecular weight is 499 g/mol. The molecule has 0 bridgehead atoms. The van der Waals surface area contributed by atoms with Crippen LogP contribution >= 0.6 is 0 Å². The maximum absolute atomic E-state index is 10.3. The standard InChI is InChI=1S/C12H25NO.C6H7.C2H7Si.2ClH.Zr/c1-2-3-4-5-6-7-8-9-10-11-12(13)14;1-6-4-2-3-5-6;1-3-2;;;/h2-11H2,1H3,(H2,13,14);4-5H,2H2,1H3;3H,1-2H3;2*1H;/q;-1;;;;+4/p-3. The van der Waals surface area contributed by atoms with Crippen LogP contribution in [0.25, 0.3) is 5.73 Å². The molecule has 0 spiro atoms. The zero-order valence-corrected chi connectivity index (χ0v) is 22.3. The van der Waals surface area contributed by atoms with Gasteiger partial charge in [0, 0.05) is 15.4 Å². The van der Waals surface area contributed by atoms with Crippen molar-refractivity contribution in [1.29, 1.82) is 0 Å². The summed E-state index contributed by atoms with van der Waals surface area (Å²) in [5.41, 5.74) is 8.07. The van der Waals surface area contributed by atoms with Crippen LogP contribution in [0.15, 0.2) is 17.7 Å². The van der Waals surface area contributed by atoms with E-state index in [0.717, 1.165) is 28.8 Å². The molecular formula is C20H38Cl2NOSiZr. The molecule has 0 saturated carbocycles. The molecule has 1 aliphatic rings. The molecule has 0 saturated heterocycles. The minimum absolute atomic E-state index is 0. The molecule has 0 aromatic rings. The van der Waals surface area contributed by atoms with E-state index >= 15 is 0 Å². The molecule has 1 amide bonds. The fourth-order valence-electron chi connectivity index (χ4n) is 2.09. The maximum Gasteiger partial charge on any atom is 4.00 e. The van der Waals surface area contributed by atoms with E-state index in [1.54, 1.807) is 0 Å². The van der Waals surface area contributed by atoms with Crippen LogP contribution in [0.2, 0.25) is 13.1 Å². The summed E-state index contributed by atoms with van der Waals surface area (Å²) in [6, 6.07) is 0. The molecule has 6 heteroatoms. The van der Waals surface area contributed by atoms with Crippen LogP contribution in [0.5, 0.6) is 0 Å². The predicted molar refractivity (Wildman–Crippen MR) is 106 cm³/mol. The minimum Gasteiger partial charge on any atom is -1.00 e. The molecule has 26 heavy (non-hydrogen) atoms. The number of carbonyl (C=O) groups excluding carboxylic acids is 1. The van der Waals surface area contributed by atoms with Crippen molar-refractivity contribution in [3.05, 3.63) is 29.5 Å². The molecule has 1 radical (unpaired) electrons. The third kappa shape index (κ3) is 39.6. The van der Waals surface area contributed by atoms with E-state index in [-0.39, 0.29) is 51.0 Å². The Morgan fingerprint density at radius 2 is 1.46 bits per heavy atom. The van der Waals surface area contributed by atoms with Gasteiger partial charge in [-0.1, -0.05) is 71.4 Å². The van der Waals surface area contributed by atoms with E-state index in [0.29, 0.717) is 6.42 Å². The zero-order chi connectivity index (χ0) is 17.8. The monoisotopic (exact) mass is 496 g/mol. The van der Waals surface area contributed by atoms with Gasteiger partial charge in [-0.25, -0.2) is 11.6 Å². The SMILES string of the molecule is CC1=CC[C-]=C1.CCCCCCCCCCCC([NH-])=O.C[SiH]C.[Cl-].[Cl-].[Zr+4]. The fourth-order valence-corrected chi connectivity index (χ4v) is 2.09. The van der Waals surface area contributed by atoms with Crippen molar-refractivity contribution in [2.24, 2.45) is 0 Å². The predicted octanol–water partition coefficient (Wildman–Crippen LogP) is 0.706. The summed E-state index contributed by atoms with van der Waals surface area (Å²) in [5.74, 6) is -0.409. The third-order valence-electron chi connectivity index (χ3n) is 3.38. The summed E-state index contributed by atoms with van der Waals surface area (Å²) in [4.78, 5) is 10.3. The molecule has 0 fully saturated rings. The first-order valence-corrected chi connectivity index (χ1v) is 11.6. The summed E-state index contributed by atoms with van der Waals surface area (Å²) in [7, 11) is 0.750. The van der Waals surface area contributed by atoms with Crippen molar-refractivity contribution in [1.82, 2.24) is 0 Å². The van der Waals surface area contributed by atoms with Crippen LogP contribution in [0, 0.1) is 6.08 Å². The smallest absolute Gasteiger partial charge is 1.00 e. The zero-order valence-electron chi connectivity index (χ0n) is 17.2. The van der Waals surface area contributed by atoms with Crippen molar-refractivity contribution < 1.29 is 55.8 Å². The van der Waals surface area contributed by atoms with E-state index in [1.807, 2.05) is 6.08 Å². The number of hydrogen-bond acceptors (Lipinski definition) is 1. The molecule has 1 rings (SSSR count). The number of amides is 1. The fraction of sp³-hybridized carbons (Fsp3) is 0.750. The van der Waals surface area contributed by atoms with Gasteiger partial charge in [0.2, 0.25) is 0 Å². The van der Waals surface area contributed by atoms with Gasteiger partial charge in [-0.3, -0.25) is 6.08 Å². The number of allylic oxidation sites excluding steroid dienone is 4. The van der Waals surface area contributed by atoms with E-state index < -0.39 is 5.91 Å². The van der Waals surface area contributed by atoms with Gasteiger partial charge in [-0.05, 0) is 12.8 Å². The van der Waals surface area contributed by atoms with E-state index in [2.05, 4.69) is 39.1 Å². The summed E-state index contributed by atoms with van der Waals surface area (Å²) in [6.07, 6.45) is 20.0. The van der Waals surface area contributed by atoms with E-state index in [9.17, 15) is 4.79 Å². The first kappa shape index (κ1) is 37.4. The molecule has 1 N–H and O–H groups in total. The Morgan fingerprint density at radius 3 is 1.73 bits per heavy atom. The summed E-state index contributed by atoms with van der Waals surface area (Å²) in [5, 5.41) is 0. The molecule has 2 nitrogen and oxygen atoms in total.